The predicted octanol–water partition coefficient (Wildman–Crippen LogP) is 9.70. The lowest BCUT2D eigenvalue weighted by molar-refractivity contribution is 0.143. The van der Waals surface area contributed by atoms with Crippen molar-refractivity contribution in [3.63, 3.8) is 0 Å². The molecular weight excluding hydrogens is 482 g/mol. The molecule has 2 aromatic heterocycles. The molecular formula is C34H51N3O2. The number of nitrogens with one attached hydrogen (secondary N) is 1. The molecule has 3 rings (SSSR count). The van der Waals surface area contributed by atoms with E-state index in [0.29, 0.717) is 13.2 Å². The molecule has 39 heavy (non-hydrogen) atoms. The fourth-order valence-corrected chi connectivity index (χ4v) is 5.35. The van der Waals surface area contributed by atoms with Crippen molar-refractivity contribution >= 4 is 27.9 Å². The molecule has 1 N–H and O–H groups in total. The van der Waals surface area contributed by atoms with E-state index in [1.165, 1.54) is 94.4 Å². The van der Waals surface area contributed by atoms with Gasteiger partial charge in [-0.25, -0.2) is 4.79 Å². The van der Waals surface area contributed by atoms with Crippen LogP contribution in [-0.4, -0.2) is 29.2 Å². The fraction of sp³-hybridized carbons (Fsp3) is 0.618. The van der Waals surface area contributed by atoms with E-state index >= 15 is 0 Å². The van der Waals surface area contributed by atoms with E-state index in [-0.39, 0.29) is 6.09 Å². The second-order valence-corrected chi connectivity index (χ2v) is 11.0. The number of fused-ring (bicyclic) bond motifs is 3. The molecule has 0 bridgehead atoms. The quantitative estimate of drug-likeness (QED) is 0.109. The molecule has 0 radical (unpaired) electrons. The number of benzene rings is 1. The normalized spacial score (nSPS) is 11.3. The number of hydrogen-bond acceptors (Lipinski definition) is 4. The number of unbranched alkanes of at least 4 members (excludes halogenated alkanes) is 15. The first kappa shape index (κ1) is 30.8. The summed E-state index contributed by atoms with van der Waals surface area (Å²) in [4.78, 5) is 21.1. The molecule has 0 unspecified atom stereocenters. The summed E-state index contributed by atoms with van der Waals surface area (Å²) >= 11 is 0. The number of carbonyl (C=O) groups excluding carboxylic acids is 1. The summed E-state index contributed by atoms with van der Waals surface area (Å²) in [6, 6.07) is 10.4. The molecule has 2 heterocycles. The molecule has 0 aliphatic rings. The van der Waals surface area contributed by atoms with Crippen molar-refractivity contribution in [1.82, 2.24) is 15.3 Å². The molecule has 214 valence electrons. The number of hydrogen-bond donors (Lipinski definition) is 1. The van der Waals surface area contributed by atoms with Crippen LogP contribution in [0.2, 0.25) is 0 Å². The highest BCUT2D eigenvalue weighted by molar-refractivity contribution is 6.03. The number of aromatic nitrogens is 2. The largest absolute Gasteiger partial charge is 0.450 e. The Kier molecular flexibility index (Phi) is 15.3. The molecule has 1 amide bonds. The molecule has 1 aromatic carbocycles. The minimum atomic E-state index is -0.285. The van der Waals surface area contributed by atoms with Gasteiger partial charge in [0, 0.05) is 29.7 Å². The van der Waals surface area contributed by atoms with E-state index in [1.807, 2.05) is 18.5 Å². The van der Waals surface area contributed by atoms with Crippen LogP contribution in [0.5, 0.6) is 0 Å². The summed E-state index contributed by atoms with van der Waals surface area (Å²) in [5.74, 6) is 0. The zero-order valence-corrected chi connectivity index (χ0v) is 24.4. The summed E-state index contributed by atoms with van der Waals surface area (Å²) < 4.78 is 5.35. The number of carbonyl (C=O) groups is 1. The molecule has 5 heteroatoms. The molecule has 0 spiro atoms. The second-order valence-electron chi connectivity index (χ2n) is 11.0. The lowest BCUT2D eigenvalue weighted by atomic mass is 10.0. The maximum absolute atomic E-state index is 12.0. The smallest absolute Gasteiger partial charge is 0.407 e. The minimum absolute atomic E-state index is 0.285. The van der Waals surface area contributed by atoms with Gasteiger partial charge in [0.2, 0.25) is 0 Å². The first-order valence-electron chi connectivity index (χ1n) is 15.8. The molecule has 3 aromatic rings. The van der Waals surface area contributed by atoms with E-state index in [1.54, 1.807) is 0 Å². The van der Waals surface area contributed by atoms with Gasteiger partial charge in [0.15, 0.2) is 0 Å². The Morgan fingerprint density at radius 2 is 1.33 bits per heavy atom. The average Bonchev–Trinajstić information content (AvgIpc) is 2.96. The van der Waals surface area contributed by atoms with Crippen LogP contribution in [-0.2, 0) is 11.2 Å². The number of nitrogens with zero attached hydrogens (tertiary/aromatic N) is 2. The highest BCUT2D eigenvalue weighted by Gasteiger charge is 2.07. The lowest BCUT2D eigenvalue weighted by Gasteiger charge is -2.09. The van der Waals surface area contributed by atoms with Crippen molar-refractivity contribution in [3.8, 4) is 0 Å². The molecule has 5 nitrogen and oxygen atoms in total. The van der Waals surface area contributed by atoms with Gasteiger partial charge in [0.1, 0.15) is 0 Å². The number of ether oxygens (including phenoxy) is 1. The second kappa shape index (κ2) is 19.4. The van der Waals surface area contributed by atoms with Crippen LogP contribution >= 0.6 is 0 Å². The van der Waals surface area contributed by atoms with Crippen molar-refractivity contribution in [2.75, 3.05) is 13.2 Å². The zero-order chi connectivity index (χ0) is 27.4. The number of alkyl carbamates (subject to hydrolysis) is 1. The number of aryl methyl sites for hydroxylation is 1. The lowest BCUT2D eigenvalue weighted by Crippen LogP contribution is -2.25. The van der Waals surface area contributed by atoms with Gasteiger partial charge in [0.25, 0.3) is 0 Å². The van der Waals surface area contributed by atoms with Crippen LogP contribution in [0.25, 0.3) is 21.8 Å². The number of rotatable bonds is 21. The summed E-state index contributed by atoms with van der Waals surface area (Å²) in [7, 11) is 0. The maximum Gasteiger partial charge on any atom is 0.407 e. The third kappa shape index (κ3) is 11.9. The van der Waals surface area contributed by atoms with Gasteiger partial charge in [-0.1, -0.05) is 115 Å². The van der Waals surface area contributed by atoms with Gasteiger partial charge in [0.05, 0.1) is 17.6 Å². The third-order valence-corrected chi connectivity index (χ3v) is 7.70. The van der Waals surface area contributed by atoms with Gasteiger partial charge in [-0.2, -0.15) is 0 Å². The SMILES string of the molecule is CCCCCCCCCCCCCCCCCOC(=O)NCCCCc1ccnc2c1ccc1cccnc12. The van der Waals surface area contributed by atoms with Crippen molar-refractivity contribution in [3.05, 3.63) is 48.3 Å². The van der Waals surface area contributed by atoms with E-state index in [2.05, 4.69) is 46.5 Å². The number of amides is 1. The van der Waals surface area contributed by atoms with Gasteiger partial charge in [-0.3, -0.25) is 9.97 Å². The summed E-state index contributed by atoms with van der Waals surface area (Å²) in [6.07, 6.45) is 26.4. The molecule has 0 saturated carbocycles. The minimum Gasteiger partial charge on any atom is -0.450 e. The summed E-state index contributed by atoms with van der Waals surface area (Å²) in [6.45, 7) is 3.45. The van der Waals surface area contributed by atoms with Crippen LogP contribution < -0.4 is 5.32 Å². The van der Waals surface area contributed by atoms with E-state index in [0.717, 1.165) is 48.5 Å². The molecule has 0 fully saturated rings. The molecule has 0 aliphatic heterocycles. The van der Waals surface area contributed by atoms with Crippen LogP contribution in [0.1, 0.15) is 122 Å². The standard InChI is InChI=1S/C34H51N3O2/c1-2-3-4-5-6-7-8-9-10-11-12-13-14-15-18-28-39-34(38)37-25-17-16-20-29-24-27-36-33-31(29)23-22-30-21-19-26-35-32(30)33/h19,21-24,26-27H,2-18,20,25,28H2,1H3,(H,37,38). The predicted molar refractivity (Wildman–Crippen MR) is 164 cm³/mol. The van der Waals surface area contributed by atoms with E-state index in [4.69, 9.17) is 4.74 Å². The summed E-state index contributed by atoms with van der Waals surface area (Å²) in [5, 5.41) is 5.18. The van der Waals surface area contributed by atoms with Crippen LogP contribution in [0.15, 0.2) is 42.7 Å². The highest BCUT2D eigenvalue weighted by Crippen LogP contribution is 2.25. The van der Waals surface area contributed by atoms with Crippen molar-refractivity contribution in [2.45, 2.75) is 122 Å². The van der Waals surface area contributed by atoms with Crippen molar-refractivity contribution in [2.24, 2.45) is 0 Å². The van der Waals surface area contributed by atoms with Crippen LogP contribution in [0.4, 0.5) is 4.79 Å². The Morgan fingerprint density at radius 3 is 2.03 bits per heavy atom. The highest BCUT2D eigenvalue weighted by atomic mass is 16.5. The number of pyridine rings is 2. The Bertz CT molecular complexity index is 1080. The first-order valence-corrected chi connectivity index (χ1v) is 15.8. The van der Waals surface area contributed by atoms with Gasteiger partial charge in [-0.05, 0) is 43.4 Å². The van der Waals surface area contributed by atoms with Crippen LogP contribution in [0.3, 0.4) is 0 Å². The van der Waals surface area contributed by atoms with E-state index < -0.39 is 0 Å². The van der Waals surface area contributed by atoms with Crippen molar-refractivity contribution < 1.29 is 9.53 Å². The van der Waals surface area contributed by atoms with Crippen molar-refractivity contribution in [1.29, 1.82) is 0 Å². The Hall–Kier alpha value is -2.69. The fourth-order valence-electron chi connectivity index (χ4n) is 5.35. The molecule has 0 saturated heterocycles. The van der Waals surface area contributed by atoms with Gasteiger partial charge < -0.3 is 10.1 Å². The topological polar surface area (TPSA) is 64.1 Å². The first-order chi connectivity index (χ1) is 19.3. The Labute approximate surface area is 236 Å². The molecule has 0 atom stereocenters. The molecule has 0 aliphatic carbocycles. The van der Waals surface area contributed by atoms with Gasteiger partial charge >= 0.3 is 6.09 Å². The third-order valence-electron chi connectivity index (χ3n) is 7.70. The monoisotopic (exact) mass is 533 g/mol. The Balaban J connectivity index is 1.13. The summed E-state index contributed by atoms with van der Waals surface area (Å²) in [5.41, 5.74) is 3.20. The van der Waals surface area contributed by atoms with E-state index in [9.17, 15) is 4.79 Å². The van der Waals surface area contributed by atoms with Crippen LogP contribution in [0, 0.1) is 0 Å². The van der Waals surface area contributed by atoms with Gasteiger partial charge in [-0.15, -0.1) is 0 Å². The Morgan fingerprint density at radius 1 is 0.692 bits per heavy atom. The zero-order valence-electron chi connectivity index (χ0n) is 24.4. The average molecular weight is 534 g/mol. The maximum atomic E-state index is 12.0.